The maximum Gasteiger partial charge on any atom is 0.245 e. The van der Waals surface area contributed by atoms with E-state index in [4.69, 9.17) is 4.74 Å². The van der Waals surface area contributed by atoms with Gasteiger partial charge in [0.1, 0.15) is 22.3 Å². The topological polar surface area (TPSA) is 84.5 Å². The zero-order valence-corrected chi connectivity index (χ0v) is 16.1. The molecule has 0 aliphatic carbocycles. The van der Waals surface area contributed by atoms with Gasteiger partial charge in [0.05, 0.1) is 18.8 Å². The van der Waals surface area contributed by atoms with Gasteiger partial charge in [-0.1, -0.05) is 15.9 Å². The van der Waals surface area contributed by atoms with Gasteiger partial charge >= 0.3 is 0 Å². The highest BCUT2D eigenvalue weighted by Gasteiger charge is 2.26. The minimum absolute atomic E-state index is 0.0783. The standard InChI is InChI=1S/C16H15BrF2N2O4S/c1-9(16(22)20-13-5-3-10(17)7-12(13)19)21-26(23,24)15-8-11(18)4-6-14(15)25-2/h3-9,21H,1-2H3,(H,20,22). The van der Waals surface area contributed by atoms with Crippen molar-refractivity contribution in [1.82, 2.24) is 4.72 Å². The molecule has 0 heterocycles. The van der Waals surface area contributed by atoms with Crippen LogP contribution in [-0.4, -0.2) is 27.5 Å². The monoisotopic (exact) mass is 448 g/mol. The number of ether oxygens (including phenoxy) is 1. The summed E-state index contributed by atoms with van der Waals surface area (Å²) in [5.74, 6) is -2.33. The van der Waals surface area contributed by atoms with Crippen LogP contribution in [0.3, 0.4) is 0 Å². The maximum atomic E-state index is 13.8. The fraction of sp³-hybridized carbons (Fsp3) is 0.188. The molecule has 0 bridgehead atoms. The van der Waals surface area contributed by atoms with E-state index in [9.17, 15) is 22.0 Å². The molecule has 2 aromatic rings. The molecule has 0 spiro atoms. The summed E-state index contributed by atoms with van der Waals surface area (Å²) in [5, 5.41) is 2.28. The molecular weight excluding hydrogens is 434 g/mol. The summed E-state index contributed by atoms with van der Waals surface area (Å²) in [4.78, 5) is 11.7. The molecule has 6 nitrogen and oxygen atoms in total. The Hall–Kier alpha value is -2.04. The second-order valence-electron chi connectivity index (χ2n) is 5.25. The van der Waals surface area contributed by atoms with Crippen LogP contribution in [0.15, 0.2) is 45.8 Å². The van der Waals surface area contributed by atoms with Crippen molar-refractivity contribution in [2.45, 2.75) is 17.9 Å². The molecule has 1 atom stereocenters. The summed E-state index contributed by atoms with van der Waals surface area (Å²) in [6.07, 6.45) is 0. The van der Waals surface area contributed by atoms with Crippen LogP contribution in [0.5, 0.6) is 5.75 Å². The molecule has 0 aliphatic heterocycles. The summed E-state index contributed by atoms with van der Waals surface area (Å²) in [5.41, 5.74) is -0.104. The van der Waals surface area contributed by atoms with E-state index in [1.54, 1.807) is 0 Å². The Bertz CT molecular complexity index is 938. The van der Waals surface area contributed by atoms with Crippen LogP contribution in [0, 0.1) is 11.6 Å². The highest BCUT2D eigenvalue weighted by molar-refractivity contribution is 9.10. The molecule has 2 N–H and O–H groups in total. The molecule has 1 unspecified atom stereocenters. The largest absolute Gasteiger partial charge is 0.495 e. The fourth-order valence-corrected chi connectivity index (χ4v) is 3.76. The number of carbonyl (C=O) groups excluding carboxylic acids is 1. The Kier molecular flexibility index (Phi) is 6.32. The number of carbonyl (C=O) groups is 1. The second kappa shape index (κ2) is 8.11. The van der Waals surface area contributed by atoms with E-state index in [-0.39, 0.29) is 11.4 Å². The van der Waals surface area contributed by atoms with E-state index in [0.29, 0.717) is 4.47 Å². The smallest absolute Gasteiger partial charge is 0.245 e. The van der Waals surface area contributed by atoms with Crippen molar-refractivity contribution in [3.05, 3.63) is 52.5 Å². The Morgan fingerprint density at radius 1 is 1.19 bits per heavy atom. The molecule has 1 amide bonds. The average molecular weight is 449 g/mol. The van der Waals surface area contributed by atoms with E-state index in [1.165, 1.54) is 26.2 Å². The van der Waals surface area contributed by atoms with E-state index in [0.717, 1.165) is 24.3 Å². The van der Waals surface area contributed by atoms with Crippen LogP contribution in [0.25, 0.3) is 0 Å². The first-order valence-electron chi connectivity index (χ1n) is 7.26. The summed E-state index contributed by atoms with van der Waals surface area (Å²) in [6, 6.07) is 5.73. The van der Waals surface area contributed by atoms with Gasteiger partial charge in [0.15, 0.2) is 0 Å². The van der Waals surface area contributed by atoms with Crippen LogP contribution in [0.1, 0.15) is 6.92 Å². The zero-order chi connectivity index (χ0) is 19.5. The third kappa shape index (κ3) is 4.77. The van der Waals surface area contributed by atoms with Crippen LogP contribution in [-0.2, 0) is 14.8 Å². The molecular formula is C16H15BrF2N2O4S. The molecule has 0 saturated carbocycles. The summed E-state index contributed by atoms with van der Waals surface area (Å²) in [6.45, 7) is 1.27. The van der Waals surface area contributed by atoms with Gasteiger partial charge in [0, 0.05) is 4.47 Å². The summed E-state index contributed by atoms with van der Waals surface area (Å²) >= 11 is 3.09. The molecule has 140 valence electrons. The number of benzene rings is 2. The highest BCUT2D eigenvalue weighted by atomic mass is 79.9. The van der Waals surface area contributed by atoms with Gasteiger partial charge < -0.3 is 10.1 Å². The second-order valence-corrected chi connectivity index (χ2v) is 7.85. The first-order valence-corrected chi connectivity index (χ1v) is 9.53. The van der Waals surface area contributed by atoms with Crippen molar-refractivity contribution in [2.24, 2.45) is 0 Å². The first kappa shape index (κ1) is 20.3. The van der Waals surface area contributed by atoms with E-state index >= 15 is 0 Å². The minimum Gasteiger partial charge on any atom is -0.495 e. The van der Waals surface area contributed by atoms with Crippen LogP contribution >= 0.6 is 15.9 Å². The van der Waals surface area contributed by atoms with Gasteiger partial charge in [-0.05, 0) is 43.3 Å². The van der Waals surface area contributed by atoms with Gasteiger partial charge in [0.2, 0.25) is 15.9 Å². The third-order valence-corrected chi connectivity index (χ3v) is 5.38. The third-order valence-electron chi connectivity index (χ3n) is 3.33. The maximum absolute atomic E-state index is 13.8. The van der Waals surface area contributed by atoms with Crippen molar-refractivity contribution in [2.75, 3.05) is 12.4 Å². The fourth-order valence-electron chi connectivity index (χ4n) is 2.04. The minimum atomic E-state index is -4.26. The number of hydrogen-bond acceptors (Lipinski definition) is 4. The number of hydrogen-bond donors (Lipinski definition) is 2. The van der Waals surface area contributed by atoms with Gasteiger partial charge in [-0.3, -0.25) is 4.79 Å². The van der Waals surface area contributed by atoms with Crippen LogP contribution < -0.4 is 14.8 Å². The highest BCUT2D eigenvalue weighted by Crippen LogP contribution is 2.25. The average Bonchev–Trinajstić information content (AvgIpc) is 2.56. The number of sulfonamides is 1. The molecule has 0 aliphatic rings. The van der Waals surface area contributed by atoms with Crippen molar-refractivity contribution >= 4 is 37.5 Å². The molecule has 10 heteroatoms. The lowest BCUT2D eigenvalue weighted by atomic mass is 10.2. The van der Waals surface area contributed by atoms with Gasteiger partial charge in [-0.25, -0.2) is 17.2 Å². The Morgan fingerprint density at radius 3 is 2.50 bits per heavy atom. The van der Waals surface area contributed by atoms with Crippen LogP contribution in [0.2, 0.25) is 0 Å². The number of anilines is 1. The van der Waals surface area contributed by atoms with Crippen molar-refractivity contribution in [3.8, 4) is 5.75 Å². The SMILES string of the molecule is COc1ccc(F)cc1S(=O)(=O)NC(C)C(=O)Nc1ccc(Br)cc1F. The quantitative estimate of drug-likeness (QED) is 0.710. The number of rotatable bonds is 6. The van der Waals surface area contributed by atoms with Gasteiger partial charge in [-0.15, -0.1) is 0 Å². The Balaban J connectivity index is 2.18. The summed E-state index contributed by atoms with van der Waals surface area (Å²) in [7, 11) is -3.02. The summed E-state index contributed by atoms with van der Waals surface area (Å²) < 4.78 is 59.5. The predicted molar refractivity (Wildman–Crippen MR) is 95.5 cm³/mol. The Labute approximate surface area is 157 Å². The van der Waals surface area contributed by atoms with E-state index in [1.807, 2.05) is 0 Å². The van der Waals surface area contributed by atoms with Crippen molar-refractivity contribution in [1.29, 1.82) is 0 Å². The number of methoxy groups -OCH3 is 1. The predicted octanol–water partition coefficient (Wildman–Crippen LogP) is 3.04. The van der Waals surface area contributed by atoms with E-state index in [2.05, 4.69) is 26.0 Å². The van der Waals surface area contributed by atoms with Crippen LogP contribution in [0.4, 0.5) is 14.5 Å². The molecule has 2 rings (SSSR count). The molecule has 0 saturated heterocycles. The molecule has 26 heavy (non-hydrogen) atoms. The van der Waals surface area contributed by atoms with Crippen molar-refractivity contribution < 1.29 is 26.7 Å². The number of halogens is 3. The molecule has 0 fully saturated rings. The Morgan fingerprint density at radius 2 is 1.88 bits per heavy atom. The number of nitrogens with one attached hydrogen (secondary N) is 2. The molecule has 0 aromatic heterocycles. The lowest BCUT2D eigenvalue weighted by Crippen LogP contribution is -2.41. The molecule has 0 radical (unpaired) electrons. The number of amides is 1. The van der Waals surface area contributed by atoms with Gasteiger partial charge in [0.25, 0.3) is 0 Å². The van der Waals surface area contributed by atoms with E-state index < -0.39 is 38.5 Å². The zero-order valence-electron chi connectivity index (χ0n) is 13.7. The first-order chi connectivity index (χ1) is 12.1. The van der Waals surface area contributed by atoms with Crippen molar-refractivity contribution in [3.63, 3.8) is 0 Å². The molecule has 2 aromatic carbocycles. The normalized spacial score (nSPS) is 12.5. The lowest BCUT2D eigenvalue weighted by Gasteiger charge is -2.16. The van der Waals surface area contributed by atoms with Gasteiger partial charge in [-0.2, -0.15) is 4.72 Å². The lowest BCUT2D eigenvalue weighted by molar-refractivity contribution is -0.117.